The molecular formula is C11H24N2O2. The maximum absolute atomic E-state index is 9.08. The minimum Gasteiger partial charge on any atom is -0.395 e. The first-order valence-electron chi connectivity index (χ1n) is 5.94. The zero-order valence-corrected chi connectivity index (χ0v) is 9.83. The molecule has 0 aromatic heterocycles. The zero-order chi connectivity index (χ0) is 11.1. The van der Waals surface area contributed by atoms with Crippen molar-refractivity contribution in [2.75, 3.05) is 26.4 Å². The van der Waals surface area contributed by atoms with E-state index in [1.807, 2.05) is 0 Å². The molecule has 0 saturated carbocycles. The zero-order valence-electron chi connectivity index (χ0n) is 9.83. The van der Waals surface area contributed by atoms with Gasteiger partial charge in [-0.25, -0.2) is 0 Å². The van der Waals surface area contributed by atoms with Gasteiger partial charge in [-0.05, 0) is 19.8 Å². The standard InChI is InChI=1S/C11H24N2O2/c1-3-10(7-14)13-9(2)6-11-8-15-5-4-12-11/h9-14H,3-8H2,1-2H3/t9?,10-,11?/m0/s1. The van der Waals surface area contributed by atoms with Gasteiger partial charge in [0.05, 0.1) is 19.8 Å². The average Bonchev–Trinajstić information content (AvgIpc) is 2.27. The Morgan fingerprint density at radius 1 is 1.60 bits per heavy atom. The molecular weight excluding hydrogens is 192 g/mol. The Labute approximate surface area is 92.4 Å². The van der Waals surface area contributed by atoms with Gasteiger partial charge in [0.25, 0.3) is 0 Å². The predicted octanol–water partition coefficient (Wildman–Crippen LogP) is 0.114. The summed E-state index contributed by atoms with van der Waals surface area (Å²) in [6.45, 7) is 7.05. The third-order valence-electron chi connectivity index (χ3n) is 2.87. The van der Waals surface area contributed by atoms with E-state index in [0.29, 0.717) is 12.1 Å². The largest absolute Gasteiger partial charge is 0.395 e. The van der Waals surface area contributed by atoms with Crippen LogP contribution in [0.25, 0.3) is 0 Å². The summed E-state index contributed by atoms with van der Waals surface area (Å²) in [6.07, 6.45) is 2.02. The van der Waals surface area contributed by atoms with Crippen molar-refractivity contribution in [2.24, 2.45) is 0 Å². The lowest BCUT2D eigenvalue weighted by molar-refractivity contribution is 0.0702. The molecule has 15 heavy (non-hydrogen) atoms. The summed E-state index contributed by atoms with van der Waals surface area (Å²) in [7, 11) is 0. The van der Waals surface area contributed by atoms with Gasteiger partial charge in [0.1, 0.15) is 0 Å². The summed E-state index contributed by atoms with van der Waals surface area (Å²) in [5, 5.41) is 15.9. The molecule has 0 radical (unpaired) electrons. The number of hydrogen-bond donors (Lipinski definition) is 3. The molecule has 4 nitrogen and oxygen atoms in total. The van der Waals surface area contributed by atoms with Gasteiger partial charge in [-0.3, -0.25) is 0 Å². The van der Waals surface area contributed by atoms with Crippen LogP contribution in [0.5, 0.6) is 0 Å². The Kier molecular flexibility index (Phi) is 6.17. The molecule has 0 spiro atoms. The minimum atomic E-state index is 0.218. The van der Waals surface area contributed by atoms with E-state index in [1.165, 1.54) is 0 Å². The van der Waals surface area contributed by atoms with Crippen LogP contribution in [0.15, 0.2) is 0 Å². The molecule has 2 unspecified atom stereocenters. The summed E-state index contributed by atoms with van der Waals surface area (Å²) in [5.41, 5.74) is 0. The van der Waals surface area contributed by atoms with E-state index >= 15 is 0 Å². The Balaban J connectivity index is 2.18. The summed E-state index contributed by atoms with van der Waals surface area (Å²) in [6, 6.07) is 1.10. The van der Waals surface area contributed by atoms with Crippen molar-refractivity contribution in [2.45, 2.75) is 44.8 Å². The van der Waals surface area contributed by atoms with E-state index in [4.69, 9.17) is 9.84 Å². The van der Waals surface area contributed by atoms with Gasteiger partial charge >= 0.3 is 0 Å². The van der Waals surface area contributed by atoms with Crippen LogP contribution in [-0.4, -0.2) is 49.6 Å². The second-order valence-corrected chi connectivity index (χ2v) is 4.32. The molecule has 1 aliphatic heterocycles. The monoisotopic (exact) mass is 216 g/mol. The maximum Gasteiger partial charge on any atom is 0.0620 e. The van der Waals surface area contributed by atoms with Crippen LogP contribution >= 0.6 is 0 Å². The normalized spacial score (nSPS) is 26.2. The van der Waals surface area contributed by atoms with Crippen LogP contribution in [0.1, 0.15) is 26.7 Å². The molecule has 0 bridgehead atoms. The SMILES string of the molecule is CC[C@@H](CO)NC(C)CC1COCCN1. The smallest absolute Gasteiger partial charge is 0.0620 e. The van der Waals surface area contributed by atoms with Gasteiger partial charge in [0.2, 0.25) is 0 Å². The number of ether oxygens (including phenoxy) is 1. The van der Waals surface area contributed by atoms with Crippen molar-refractivity contribution < 1.29 is 9.84 Å². The van der Waals surface area contributed by atoms with Gasteiger partial charge in [-0.2, -0.15) is 0 Å². The number of hydrogen-bond acceptors (Lipinski definition) is 4. The molecule has 0 aromatic carbocycles. The molecule has 3 N–H and O–H groups in total. The molecule has 1 saturated heterocycles. The number of aliphatic hydroxyl groups excluding tert-OH is 1. The van der Waals surface area contributed by atoms with E-state index in [9.17, 15) is 0 Å². The van der Waals surface area contributed by atoms with E-state index in [0.717, 1.165) is 32.6 Å². The van der Waals surface area contributed by atoms with Crippen molar-refractivity contribution in [1.29, 1.82) is 0 Å². The van der Waals surface area contributed by atoms with Gasteiger partial charge in [-0.1, -0.05) is 6.92 Å². The van der Waals surface area contributed by atoms with Gasteiger partial charge in [-0.15, -0.1) is 0 Å². The van der Waals surface area contributed by atoms with Crippen molar-refractivity contribution in [3.8, 4) is 0 Å². The summed E-state index contributed by atoms with van der Waals surface area (Å²) < 4.78 is 5.40. The summed E-state index contributed by atoms with van der Waals surface area (Å²) >= 11 is 0. The van der Waals surface area contributed by atoms with Crippen LogP contribution in [0.3, 0.4) is 0 Å². The highest BCUT2D eigenvalue weighted by atomic mass is 16.5. The molecule has 1 heterocycles. The number of rotatable bonds is 6. The van der Waals surface area contributed by atoms with Crippen molar-refractivity contribution >= 4 is 0 Å². The van der Waals surface area contributed by atoms with Crippen molar-refractivity contribution in [3.05, 3.63) is 0 Å². The van der Waals surface area contributed by atoms with Crippen LogP contribution in [0, 0.1) is 0 Å². The van der Waals surface area contributed by atoms with Gasteiger partial charge < -0.3 is 20.5 Å². The molecule has 1 aliphatic rings. The fraction of sp³-hybridized carbons (Fsp3) is 1.00. The minimum absolute atomic E-state index is 0.218. The Bertz CT molecular complexity index is 157. The highest BCUT2D eigenvalue weighted by Gasteiger charge is 2.17. The number of morpholine rings is 1. The molecule has 1 rings (SSSR count). The first-order valence-corrected chi connectivity index (χ1v) is 5.94. The predicted molar refractivity (Wildman–Crippen MR) is 61.0 cm³/mol. The molecule has 90 valence electrons. The number of aliphatic hydroxyl groups is 1. The number of nitrogens with one attached hydrogen (secondary N) is 2. The summed E-state index contributed by atoms with van der Waals surface area (Å²) in [4.78, 5) is 0. The third kappa shape index (κ3) is 4.93. The fourth-order valence-electron chi connectivity index (χ4n) is 1.97. The van der Waals surface area contributed by atoms with Crippen LogP contribution in [0.2, 0.25) is 0 Å². The summed E-state index contributed by atoms with van der Waals surface area (Å²) in [5.74, 6) is 0. The molecule has 0 aliphatic carbocycles. The molecule has 0 amide bonds. The van der Waals surface area contributed by atoms with E-state index < -0.39 is 0 Å². The van der Waals surface area contributed by atoms with E-state index in [-0.39, 0.29) is 12.6 Å². The highest BCUT2D eigenvalue weighted by molar-refractivity contribution is 4.78. The van der Waals surface area contributed by atoms with Gasteiger partial charge in [0.15, 0.2) is 0 Å². The fourth-order valence-corrected chi connectivity index (χ4v) is 1.97. The maximum atomic E-state index is 9.08. The Morgan fingerprint density at radius 2 is 2.40 bits per heavy atom. The second kappa shape index (κ2) is 7.17. The van der Waals surface area contributed by atoms with Crippen molar-refractivity contribution in [3.63, 3.8) is 0 Å². The first kappa shape index (κ1) is 12.9. The Hall–Kier alpha value is -0.160. The van der Waals surface area contributed by atoms with Crippen molar-refractivity contribution in [1.82, 2.24) is 10.6 Å². The molecule has 3 atom stereocenters. The van der Waals surface area contributed by atoms with E-state index in [2.05, 4.69) is 24.5 Å². The van der Waals surface area contributed by atoms with Crippen LogP contribution < -0.4 is 10.6 Å². The van der Waals surface area contributed by atoms with Crippen LogP contribution in [0.4, 0.5) is 0 Å². The van der Waals surface area contributed by atoms with E-state index in [1.54, 1.807) is 0 Å². The lowest BCUT2D eigenvalue weighted by Gasteiger charge is -2.28. The van der Waals surface area contributed by atoms with Crippen LogP contribution in [-0.2, 0) is 4.74 Å². The third-order valence-corrected chi connectivity index (χ3v) is 2.87. The average molecular weight is 216 g/mol. The quantitative estimate of drug-likeness (QED) is 0.590. The lowest BCUT2D eigenvalue weighted by Crippen LogP contribution is -2.47. The second-order valence-electron chi connectivity index (χ2n) is 4.32. The topological polar surface area (TPSA) is 53.5 Å². The highest BCUT2D eigenvalue weighted by Crippen LogP contribution is 2.04. The first-order chi connectivity index (χ1) is 7.26. The molecule has 4 heteroatoms. The van der Waals surface area contributed by atoms with Gasteiger partial charge in [0, 0.05) is 24.7 Å². The Morgan fingerprint density at radius 3 is 2.93 bits per heavy atom. The molecule has 0 aromatic rings. The molecule has 1 fully saturated rings. The lowest BCUT2D eigenvalue weighted by atomic mass is 10.1.